The van der Waals surface area contributed by atoms with E-state index in [0.717, 1.165) is 18.6 Å². The number of aliphatic imine (C=N–C) groups is 1. The van der Waals surface area contributed by atoms with E-state index in [9.17, 15) is 9.59 Å². The quantitative estimate of drug-likeness (QED) is 0.685. The molecule has 0 aromatic rings. The summed E-state index contributed by atoms with van der Waals surface area (Å²) in [5.41, 5.74) is -0.415. The molecule has 0 aliphatic carbocycles. The molecule has 1 rings (SSSR count). The van der Waals surface area contributed by atoms with Gasteiger partial charge >= 0.3 is 11.9 Å². The third-order valence-corrected chi connectivity index (χ3v) is 2.65. The minimum absolute atomic E-state index is 0.415. The Morgan fingerprint density at radius 3 is 2.57 bits per heavy atom. The summed E-state index contributed by atoms with van der Waals surface area (Å²) >= 11 is 1.47. The molecular formula is C8H9NO4S. The molecule has 1 aliphatic rings. The Hall–Kier alpha value is -1.30. The highest BCUT2D eigenvalue weighted by atomic mass is 32.2. The zero-order valence-corrected chi connectivity index (χ0v) is 8.08. The molecule has 14 heavy (non-hydrogen) atoms. The van der Waals surface area contributed by atoms with Crippen molar-refractivity contribution in [1.82, 2.24) is 0 Å². The SMILES string of the molecule is O=C(O)/C=C(\N=C1CCCS1)C(=O)O. The number of rotatable bonds is 3. The van der Waals surface area contributed by atoms with E-state index in [4.69, 9.17) is 10.2 Å². The molecule has 1 fully saturated rings. The molecular weight excluding hydrogens is 206 g/mol. The number of carbonyl (C=O) groups is 2. The topological polar surface area (TPSA) is 87.0 Å². The average Bonchev–Trinajstić information content (AvgIpc) is 2.54. The van der Waals surface area contributed by atoms with E-state index in [-0.39, 0.29) is 0 Å². The maximum atomic E-state index is 10.6. The number of hydrogen-bond acceptors (Lipinski definition) is 4. The van der Waals surface area contributed by atoms with Gasteiger partial charge < -0.3 is 10.2 Å². The predicted octanol–water partition coefficient (Wildman–Crippen LogP) is 0.965. The van der Waals surface area contributed by atoms with Crippen molar-refractivity contribution in [3.05, 3.63) is 11.8 Å². The highest BCUT2D eigenvalue weighted by Crippen LogP contribution is 2.21. The first-order chi connectivity index (χ1) is 6.59. The molecule has 0 aromatic heterocycles. The molecule has 0 amide bonds. The van der Waals surface area contributed by atoms with E-state index in [1.807, 2.05) is 0 Å². The van der Waals surface area contributed by atoms with Crippen LogP contribution in [0.2, 0.25) is 0 Å². The van der Waals surface area contributed by atoms with E-state index in [1.54, 1.807) is 0 Å². The largest absolute Gasteiger partial charge is 0.478 e. The molecule has 5 nitrogen and oxygen atoms in total. The van der Waals surface area contributed by atoms with Gasteiger partial charge in [0.2, 0.25) is 0 Å². The number of nitrogens with zero attached hydrogens (tertiary/aromatic N) is 1. The van der Waals surface area contributed by atoms with Crippen LogP contribution in [0.1, 0.15) is 12.8 Å². The zero-order valence-electron chi connectivity index (χ0n) is 7.27. The molecule has 0 radical (unpaired) electrons. The Kier molecular flexibility index (Phi) is 3.70. The van der Waals surface area contributed by atoms with Crippen LogP contribution in [0.5, 0.6) is 0 Å². The minimum Gasteiger partial charge on any atom is -0.478 e. The summed E-state index contributed by atoms with van der Waals surface area (Å²) in [7, 11) is 0. The van der Waals surface area contributed by atoms with Crippen molar-refractivity contribution in [3.63, 3.8) is 0 Å². The van der Waals surface area contributed by atoms with Crippen LogP contribution in [0, 0.1) is 0 Å². The van der Waals surface area contributed by atoms with Crippen LogP contribution < -0.4 is 0 Å². The minimum atomic E-state index is -1.31. The molecule has 1 heterocycles. The molecule has 6 heteroatoms. The van der Waals surface area contributed by atoms with Crippen LogP contribution in [0.4, 0.5) is 0 Å². The van der Waals surface area contributed by atoms with Gasteiger partial charge in [-0.25, -0.2) is 14.6 Å². The molecule has 0 spiro atoms. The van der Waals surface area contributed by atoms with Gasteiger partial charge in [0.05, 0.1) is 11.1 Å². The predicted molar refractivity (Wildman–Crippen MR) is 52.5 cm³/mol. The first-order valence-electron chi connectivity index (χ1n) is 3.98. The maximum Gasteiger partial charge on any atom is 0.354 e. The Bertz CT molecular complexity index is 313. The van der Waals surface area contributed by atoms with Crippen molar-refractivity contribution in [1.29, 1.82) is 0 Å². The van der Waals surface area contributed by atoms with Crippen LogP contribution in [0.15, 0.2) is 16.8 Å². The Labute approximate surface area is 84.5 Å². The van der Waals surface area contributed by atoms with Crippen LogP contribution in [0.25, 0.3) is 0 Å². The maximum absolute atomic E-state index is 10.6. The Morgan fingerprint density at radius 1 is 1.43 bits per heavy atom. The summed E-state index contributed by atoms with van der Waals surface area (Å²) in [5.74, 6) is -1.69. The molecule has 2 N–H and O–H groups in total. The van der Waals surface area contributed by atoms with Gasteiger partial charge in [0.25, 0.3) is 0 Å². The third-order valence-electron chi connectivity index (χ3n) is 1.53. The highest BCUT2D eigenvalue weighted by Gasteiger charge is 2.13. The Balaban J connectivity index is 2.83. The Morgan fingerprint density at radius 2 is 2.14 bits per heavy atom. The van der Waals surface area contributed by atoms with E-state index in [1.165, 1.54) is 11.8 Å². The zero-order chi connectivity index (χ0) is 10.6. The molecule has 0 atom stereocenters. The standard InChI is InChI=1S/C8H9NO4S/c10-7(11)4-5(8(12)13)9-6-2-1-3-14-6/h4H,1-3H2,(H,10,11)(H,12,13)/b5-4-,9-6?. The van der Waals surface area contributed by atoms with Crippen LogP contribution >= 0.6 is 11.8 Å². The van der Waals surface area contributed by atoms with Gasteiger partial charge in [-0.2, -0.15) is 0 Å². The summed E-state index contributed by atoms with van der Waals surface area (Å²) in [5, 5.41) is 17.7. The normalized spacial score (nSPS) is 20.0. The molecule has 0 unspecified atom stereocenters. The lowest BCUT2D eigenvalue weighted by molar-refractivity contribution is -0.135. The van der Waals surface area contributed by atoms with Gasteiger partial charge in [-0.3, -0.25) is 0 Å². The molecule has 0 saturated carbocycles. The van der Waals surface area contributed by atoms with Crippen molar-refractivity contribution in [2.75, 3.05) is 5.75 Å². The summed E-state index contributed by atoms with van der Waals surface area (Å²) in [6, 6.07) is 0. The van der Waals surface area contributed by atoms with Crippen LogP contribution in [-0.4, -0.2) is 32.9 Å². The summed E-state index contributed by atoms with van der Waals surface area (Å²) in [6.07, 6.45) is 2.30. The van der Waals surface area contributed by atoms with Crippen molar-refractivity contribution < 1.29 is 19.8 Å². The van der Waals surface area contributed by atoms with E-state index in [2.05, 4.69) is 4.99 Å². The number of carboxylic acids is 2. The van der Waals surface area contributed by atoms with Crippen LogP contribution in [-0.2, 0) is 9.59 Å². The van der Waals surface area contributed by atoms with Gasteiger partial charge in [0.1, 0.15) is 0 Å². The second kappa shape index (κ2) is 4.80. The number of thioether (sulfide) groups is 1. The monoisotopic (exact) mass is 215 g/mol. The number of hydrogen-bond donors (Lipinski definition) is 2. The van der Waals surface area contributed by atoms with Crippen molar-refractivity contribution in [2.45, 2.75) is 12.8 Å². The second-order valence-corrected chi connectivity index (χ2v) is 3.80. The summed E-state index contributed by atoms with van der Waals surface area (Å²) in [6.45, 7) is 0. The summed E-state index contributed by atoms with van der Waals surface area (Å²) < 4.78 is 0. The lowest BCUT2D eigenvalue weighted by atomic mass is 10.3. The van der Waals surface area contributed by atoms with Crippen molar-refractivity contribution in [3.8, 4) is 0 Å². The van der Waals surface area contributed by atoms with Crippen molar-refractivity contribution in [2.24, 2.45) is 4.99 Å². The van der Waals surface area contributed by atoms with E-state index >= 15 is 0 Å². The van der Waals surface area contributed by atoms with Gasteiger partial charge in [-0.15, -0.1) is 11.8 Å². The van der Waals surface area contributed by atoms with Crippen molar-refractivity contribution >= 4 is 28.7 Å². The van der Waals surface area contributed by atoms with Gasteiger partial charge in [0.15, 0.2) is 5.70 Å². The number of aliphatic carboxylic acids is 2. The fourth-order valence-corrected chi connectivity index (χ4v) is 1.94. The third kappa shape index (κ3) is 3.21. The lowest BCUT2D eigenvalue weighted by Gasteiger charge is -1.95. The lowest BCUT2D eigenvalue weighted by Crippen LogP contribution is -2.03. The molecule has 1 saturated heterocycles. The molecule has 76 valence electrons. The van der Waals surface area contributed by atoms with Gasteiger partial charge in [0, 0.05) is 0 Å². The van der Waals surface area contributed by atoms with Gasteiger partial charge in [-0.1, -0.05) is 0 Å². The molecule has 0 aromatic carbocycles. The summed E-state index contributed by atoms with van der Waals surface area (Å²) in [4.78, 5) is 24.6. The molecule has 0 bridgehead atoms. The smallest absolute Gasteiger partial charge is 0.354 e. The van der Waals surface area contributed by atoms with Crippen LogP contribution in [0.3, 0.4) is 0 Å². The fraction of sp³-hybridized carbons (Fsp3) is 0.375. The van der Waals surface area contributed by atoms with Gasteiger partial charge in [-0.05, 0) is 18.6 Å². The highest BCUT2D eigenvalue weighted by molar-refractivity contribution is 8.14. The fourth-order valence-electron chi connectivity index (χ4n) is 0.967. The molecule has 1 aliphatic heterocycles. The van der Waals surface area contributed by atoms with E-state index < -0.39 is 17.6 Å². The van der Waals surface area contributed by atoms with E-state index in [0.29, 0.717) is 11.1 Å². The first-order valence-corrected chi connectivity index (χ1v) is 4.96. The number of carboxylic acid groups (broad SMARTS) is 2. The first kappa shape index (κ1) is 10.8. The average molecular weight is 215 g/mol. The second-order valence-electron chi connectivity index (χ2n) is 2.63.